The van der Waals surface area contributed by atoms with Crippen molar-refractivity contribution in [3.8, 4) is 0 Å². The molecule has 0 aliphatic carbocycles. The van der Waals surface area contributed by atoms with Gasteiger partial charge in [0.2, 0.25) is 0 Å². The number of nitrogens with zero attached hydrogens (tertiary/aromatic N) is 2. The van der Waals surface area contributed by atoms with Crippen LogP contribution in [-0.4, -0.2) is 21.5 Å². The zero-order chi connectivity index (χ0) is 11.6. The summed E-state index contributed by atoms with van der Waals surface area (Å²) in [5.41, 5.74) is -1.29. The molecule has 0 amide bonds. The highest BCUT2D eigenvalue weighted by molar-refractivity contribution is 6.31. The van der Waals surface area contributed by atoms with Crippen molar-refractivity contribution in [1.29, 1.82) is 0 Å². The van der Waals surface area contributed by atoms with Crippen LogP contribution in [0.4, 0.5) is 13.2 Å². The summed E-state index contributed by atoms with van der Waals surface area (Å²) in [5.74, 6) is 0. The Hall–Kier alpha value is -1.01. The van der Waals surface area contributed by atoms with E-state index < -0.39 is 11.9 Å². The van der Waals surface area contributed by atoms with Gasteiger partial charge in [0.05, 0.1) is 6.61 Å². The highest BCUT2D eigenvalue weighted by Gasteiger charge is 2.37. The van der Waals surface area contributed by atoms with E-state index >= 15 is 0 Å². The molecule has 0 aliphatic rings. The maximum Gasteiger partial charge on any atom is 0.435 e. The predicted octanol–water partition coefficient (Wildman–Crippen LogP) is 2.10. The lowest BCUT2D eigenvalue weighted by atomic mass is 10.2. The molecule has 1 aromatic rings. The van der Waals surface area contributed by atoms with E-state index in [0.29, 0.717) is 0 Å². The quantitative estimate of drug-likeness (QED) is 0.860. The lowest BCUT2D eigenvalue weighted by Gasteiger charge is -2.02. The molecule has 1 heterocycles. The Labute approximate surface area is 88.8 Å². The van der Waals surface area contributed by atoms with Crippen molar-refractivity contribution in [1.82, 2.24) is 9.78 Å². The Morgan fingerprint density at radius 1 is 1.53 bits per heavy atom. The van der Waals surface area contributed by atoms with Crippen LogP contribution in [-0.2, 0) is 13.2 Å². The van der Waals surface area contributed by atoms with Crippen LogP contribution in [0.1, 0.15) is 11.3 Å². The fourth-order valence-electron chi connectivity index (χ4n) is 1.05. The fraction of sp³-hybridized carbons (Fsp3) is 0.375. The van der Waals surface area contributed by atoms with E-state index in [2.05, 4.69) is 5.10 Å². The van der Waals surface area contributed by atoms with Gasteiger partial charge in [-0.1, -0.05) is 23.8 Å². The fourth-order valence-corrected chi connectivity index (χ4v) is 1.24. The summed E-state index contributed by atoms with van der Waals surface area (Å²) in [5, 5.41) is 11.6. The molecular formula is C8H8ClF3N2O. The number of aromatic nitrogens is 2. The average Bonchev–Trinajstić information content (AvgIpc) is 2.40. The Balaban J connectivity index is 3.27. The van der Waals surface area contributed by atoms with Crippen LogP contribution in [0, 0.1) is 0 Å². The summed E-state index contributed by atoms with van der Waals surface area (Å²) in [6, 6.07) is 0. The molecule has 0 aliphatic heterocycles. The molecule has 0 fully saturated rings. The summed E-state index contributed by atoms with van der Waals surface area (Å²) >= 11 is 5.62. The van der Waals surface area contributed by atoms with Crippen molar-refractivity contribution in [3.63, 3.8) is 0 Å². The van der Waals surface area contributed by atoms with Gasteiger partial charge in [-0.3, -0.25) is 4.68 Å². The van der Waals surface area contributed by atoms with Gasteiger partial charge < -0.3 is 5.11 Å². The van der Waals surface area contributed by atoms with E-state index in [1.165, 1.54) is 7.05 Å². The second-order valence-electron chi connectivity index (χ2n) is 2.76. The van der Waals surface area contributed by atoms with E-state index in [0.717, 1.165) is 16.8 Å². The van der Waals surface area contributed by atoms with Crippen LogP contribution in [0.3, 0.4) is 0 Å². The number of hydrogen-bond acceptors (Lipinski definition) is 2. The summed E-state index contributed by atoms with van der Waals surface area (Å²) in [6.07, 6.45) is -2.30. The Morgan fingerprint density at radius 2 is 2.13 bits per heavy atom. The van der Waals surface area contributed by atoms with Crippen molar-refractivity contribution < 1.29 is 18.3 Å². The lowest BCUT2D eigenvalue weighted by Crippen LogP contribution is -2.08. The first-order chi connectivity index (χ1) is 6.88. The molecule has 0 atom stereocenters. The molecule has 7 heteroatoms. The molecule has 1 aromatic heterocycles. The summed E-state index contributed by atoms with van der Waals surface area (Å²) in [6.45, 7) is -0.359. The molecule has 0 aromatic carbocycles. The zero-order valence-corrected chi connectivity index (χ0v) is 8.47. The van der Waals surface area contributed by atoms with Gasteiger partial charge in [-0.25, -0.2) is 0 Å². The zero-order valence-electron chi connectivity index (χ0n) is 7.72. The minimum atomic E-state index is -4.56. The molecule has 3 nitrogen and oxygen atoms in total. The number of rotatable bonds is 2. The third-order valence-electron chi connectivity index (χ3n) is 1.67. The second-order valence-corrected chi connectivity index (χ2v) is 3.12. The third kappa shape index (κ3) is 2.51. The molecule has 0 bridgehead atoms. The Kier molecular flexibility index (Phi) is 3.41. The van der Waals surface area contributed by atoms with Crippen molar-refractivity contribution in [2.24, 2.45) is 7.05 Å². The van der Waals surface area contributed by atoms with Gasteiger partial charge in [0.1, 0.15) is 5.15 Å². The van der Waals surface area contributed by atoms with E-state index in [1.807, 2.05) is 0 Å². The molecular weight excluding hydrogens is 233 g/mol. The number of aliphatic hydroxyl groups excluding tert-OH is 1. The smallest absolute Gasteiger partial charge is 0.392 e. The summed E-state index contributed by atoms with van der Waals surface area (Å²) in [4.78, 5) is 0. The monoisotopic (exact) mass is 240 g/mol. The first kappa shape index (κ1) is 12.1. The number of alkyl halides is 3. The molecule has 1 rings (SSSR count). The molecule has 0 saturated heterocycles. The van der Waals surface area contributed by atoms with E-state index in [-0.39, 0.29) is 17.3 Å². The molecule has 15 heavy (non-hydrogen) atoms. The predicted molar refractivity (Wildman–Crippen MR) is 49.3 cm³/mol. The van der Waals surface area contributed by atoms with Gasteiger partial charge in [0.25, 0.3) is 0 Å². The second kappa shape index (κ2) is 4.24. The van der Waals surface area contributed by atoms with Crippen LogP contribution >= 0.6 is 11.6 Å². The summed E-state index contributed by atoms with van der Waals surface area (Å²) in [7, 11) is 1.31. The van der Waals surface area contributed by atoms with Gasteiger partial charge in [-0.05, 0) is 0 Å². The first-order valence-corrected chi connectivity index (χ1v) is 4.32. The number of aryl methyl sites for hydroxylation is 1. The van der Waals surface area contributed by atoms with Crippen LogP contribution in [0.5, 0.6) is 0 Å². The van der Waals surface area contributed by atoms with Gasteiger partial charge in [-0.15, -0.1) is 0 Å². The van der Waals surface area contributed by atoms with Crippen molar-refractivity contribution >= 4 is 17.7 Å². The largest absolute Gasteiger partial charge is 0.435 e. The standard InChI is InChI=1S/C8H8ClF3N2O/c1-14-7(9)5(3-2-4-15)6(13-14)8(10,11)12/h2-3,15H,4H2,1H3/b3-2+. The molecule has 1 N–H and O–H groups in total. The third-order valence-corrected chi connectivity index (χ3v) is 2.12. The Bertz CT molecular complexity index is 384. The van der Waals surface area contributed by atoms with Crippen molar-refractivity contribution in [2.75, 3.05) is 6.61 Å². The summed E-state index contributed by atoms with van der Waals surface area (Å²) < 4.78 is 38.2. The molecule has 0 saturated carbocycles. The minimum Gasteiger partial charge on any atom is -0.392 e. The van der Waals surface area contributed by atoms with Crippen LogP contribution < -0.4 is 0 Å². The minimum absolute atomic E-state index is 0.118. The number of hydrogen-bond donors (Lipinski definition) is 1. The first-order valence-electron chi connectivity index (χ1n) is 3.95. The number of aliphatic hydroxyl groups is 1. The van der Waals surface area contributed by atoms with E-state index in [4.69, 9.17) is 16.7 Å². The van der Waals surface area contributed by atoms with Gasteiger partial charge in [0, 0.05) is 12.6 Å². The van der Waals surface area contributed by atoms with E-state index in [9.17, 15) is 13.2 Å². The molecule has 0 radical (unpaired) electrons. The van der Waals surface area contributed by atoms with E-state index in [1.54, 1.807) is 0 Å². The van der Waals surface area contributed by atoms with Crippen LogP contribution in [0.15, 0.2) is 6.08 Å². The average molecular weight is 241 g/mol. The van der Waals surface area contributed by atoms with Crippen LogP contribution in [0.25, 0.3) is 6.08 Å². The van der Waals surface area contributed by atoms with Gasteiger partial charge >= 0.3 is 6.18 Å². The maximum atomic E-state index is 12.4. The molecule has 0 unspecified atom stereocenters. The maximum absolute atomic E-state index is 12.4. The normalized spacial score (nSPS) is 12.7. The van der Waals surface area contributed by atoms with Crippen molar-refractivity contribution in [2.45, 2.75) is 6.18 Å². The SMILES string of the molecule is Cn1nc(C(F)(F)F)c(/C=C/CO)c1Cl. The number of halogens is 4. The molecule has 84 valence electrons. The highest BCUT2D eigenvalue weighted by atomic mass is 35.5. The van der Waals surface area contributed by atoms with Gasteiger partial charge in [-0.2, -0.15) is 18.3 Å². The molecule has 0 spiro atoms. The lowest BCUT2D eigenvalue weighted by molar-refractivity contribution is -0.141. The Morgan fingerprint density at radius 3 is 2.60 bits per heavy atom. The van der Waals surface area contributed by atoms with Crippen molar-refractivity contribution in [3.05, 3.63) is 22.5 Å². The van der Waals surface area contributed by atoms with Gasteiger partial charge in [0.15, 0.2) is 5.69 Å². The topological polar surface area (TPSA) is 38.0 Å². The highest BCUT2D eigenvalue weighted by Crippen LogP contribution is 2.34. The van der Waals surface area contributed by atoms with Crippen LogP contribution in [0.2, 0.25) is 5.15 Å².